The predicted molar refractivity (Wildman–Crippen MR) is 73.1 cm³/mol. The smallest absolute Gasteiger partial charge is 0.326 e. The average molecular weight is 292 g/mol. The molecule has 1 amide bonds. The summed E-state index contributed by atoms with van der Waals surface area (Å²) in [4.78, 5) is 24.8. The largest absolute Gasteiger partial charge is 0.480 e. The number of carbonyl (C=O) groups excluding carboxylic acids is 1. The number of aliphatic hydroxyl groups is 1. The lowest BCUT2D eigenvalue weighted by Crippen LogP contribution is -2.50. The van der Waals surface area contributed by atoms with Crippen molar-refractivity contribution in [1.29, 1.82) is 0 Å². The lowest BCUT2D eigenvalue weighted by atomic mass is 10.2. The number of aliphatic carboxylic acids is 1. The number of amides is 1. The number of benzene rings is 1. The van der Waals surface area contributed by atoms with Gasteiger partial charge in [0.05, 0.1) is 18.3 Å². The molecule has 0 radical (unpaired) electrons. The summed E-state index contributed by atoms with van der Waals surface area (Å²) in [6, 6.07) is 6.25. The number of likely N-dealkylation sites (tertiary alicyclic amines) is 1. The SMILES string of the molecule is O=C(O)[C@@H]1CC(O)CN1C(=O)C1CNc2ccccc2O1. The number of nitrogens with one attached hydrogen (secondary N) is 1. The minimum absolute atomic E-state index is 0.0251. The fraction of sp³-hybridized carbons (Fsp3) is 0.429. The number of nitrogens with zero attached hydrogens (tertiary/aromatic N) is 1. The zero-order valence-electron chi connectivity index (χ0n) is 11.2. The topological polar surface area (TPSA) is 99.1 Å². The monoisotopic (exact) mass is 292 g/mol. The molecule has 112 valence electrons. The summed E-state index contributed by atoms with van der Waals surface area (Å²) in [5, 5.41) is 21.8. The van der Waals surface area contributed by atoms with Gasteiger partial charge in [-0.1, -0.05) is 12.1 Å². The molecule has 0 aromatic heterocycles. The number of carbonyl (C=O) groups is 2. The molecule has 0 saturated carbocycles. The van der Waals surface area contributed by atoms with Gasteiger partial charge >= 0.3 is 5.97 Å². The number of hydrogen-bond acceptors (Lipinski definition) is 5. The van der Waals surface area contributed by atoms with E-state index in [0.717, 1.165) is 5.69 Å². The third-order valence-electron chi connectivity index (χ3n) is 3.76. The van der Waals surface area contributed by atoms with E-state index in [-0.39, 0.29) is 19.5 Å². The average Bonchev–Trinajstić information content (AvgIpc) is 2.88. The normalized spacial score (nSPS) is 27.5. The first-order valence-corrected chi connectivity index (χ1v) is 6.77. The van der Waals surface area contributed by atoms with Crippen LogP contribution in [0.15, 0.2) is 24.3 Å². The Morgan fingerprint density at radius 1 is 1.33 bits per heavy atom. The summed E-state index contributed by atoms with van der Waals surface area (Å²) in [5.41, 5.74) is 0.804. The van der Waals surface area contributed by atoms with Gasteiger partial charge in [-0.25, -0.2) is 4.79 Å². The van der Waals surface area contributed by atoms with Crippen molar-refractivity contribution in [2.75, 3.05) is 18.4 Å². The standard InChI is InChI=1S/C14H16N2O5/c17-8-5-10(14(19)20)16(7-8)13(18)12-6-15-9-3-1-2-4-11(9)21-12/h1-4,8,10,12,15,17H,5-7H2,(H,19,20)/t8?,10-,12?/m0/s1. The van der Waals surface area contributed by atoms with Gasteiger partial charge in [-0.3, -0.25) is 4.79 Å². The van der Waals surface area contributed by atoms with Crippen LogP contribution in [0.1, 0.15) is 6.42 Å². The van der Waals surface area contributed by atoms with E-state index < -0.39 is 30.1 Å². The van der Waals surface area contributed by atoms with E-state index in [9.17, 15) is 14.7 Å². The summed E-state index contributed by atoms with van der Waals surface area (Å²) in [6.07, 6.45) is -1.54. The maximum absolute atomic E-state index is 12.5. The number of rotatable bonds is 2. The van der Waals surface area contributed by atoms with Crippen LogP contribution in [-0.2, 0) is 9.59 Å². The molecule has 1 aromatic rings. The third-order valence-corrected chi connectivity index (χ3v) is 3.76. The van der Waals surface area contributed by atoms with Gasteiger partial charge in [0, 0.05) is 13.0 Å². The van der Waals surface area contributed by atoms with Crippen LogP contribution in [0.5, 0.6) is 5.75 Å². The van der Waals surface area contributed by atoms with Gasteiger partial charge in [-0.2, -0.15) is 0 Å². The van der Waals surface area contributed by atoms with Crippen molar-refractivity contribution in [3.8, 4) is 5.75 Å². The summed E-state index contributed by atoms with van der Waals surface area (Å²) < 4.78 is 5.64. The number of para-hydroxylation sites is 2. The fourth-order valence-electron chi connectivity index (χ4n) is 2.73. The molecule has 0 spiro atoms. The molecule has 0 bridgehead atoms. The van der Waals surface area contributed by atoms with Gasteiger partial charge in [0.2, 0.25) is 0 Å². The molecule has 2 aliphatic heterocycles. The number of fused-ring (bicyclic) bond motifs is 1. The third kappa shape index (κ3) is 2.52. The number of ether oxygens (including phenoxy) is 1. The molecule has 1 aromatic carbocycles. The molecule has 3 rings (SSSR count). The Hall–Kier alpha value is -2.28. The second-order valence-electron chi connectivity index (χ2n) is 5.22. The first kappa shape index (κ1) is 13.7. The highest BCUT2D eigenvalue weighted by molar-refractivity contribution is 5.88. The van der Waals surface area contributed by atoms with Gasteiger partial charge in [-0.05, 0) is 12.1 Å². The molecule has 2 heterocycles. The molecule has 21 heavy (non-hydrogen) atoms. The van der Waals surface area contributed by atoms with Crippen LogP contribution < -0.4 is 10.1 Å². The Balaban J connectivity index is 1.76. The molecule has 1 saturated heterocycles. The van der Waals surface area contributed by atoms with Crippen molar-refractivity contribution in [3.63, 3.8) is 0 Å². The molecule has 2 unspecified atom stereocenters. The van der Waals surface area contributed by atoms with Crippen LogP contribution >= 0.6 is 0 Å². The van der Waals surface area contributed by atoms with E-state index in [1.807, 2.05) is 12.1 Å². The van der Waals surface area contributed by atoms with Crippen molar-refractivity contribution < 1.29 is 24.5 Å². The Labute approximate surface area is 121 Å². The van der Waals surface area contributed by atoms with Crippen molar-refractivity contribution in [2.45, 2.75) is 24.7 Å². The van der Waals surface area contributed by atoms with Gasteiger partial charge in [0.1, 0.15) is 11.8 Å². The molecule has 0 aliphatic carbocycles. The molecule has 7 nitrogen and oxygen atoms in total. The predicted octanol–water partition coefficient (Wildman–Crippen LogP) is -0.0941. The Bertz CT molecular complexity index is 576. The Morgan fingerprint density at radius 3 is 2.86 bits per heavy atom. The fourth-order valence-corrected chi connectivity index (χ4v) is 2.73. The van der Waals surface area contributed by atoms with E-state index >= 15 is 0 Å². The highest BCUT2D eigenvalue weighted by Gasteiger charge is 2.42. The number of β-amino-alcohol motifs (C(OH)–C–C–N with tert-alkyl or cyclic N) is 1. The summed E-state index contributed by atoms with van der Waals surface area (Å²) >= 11 is 0. The Morgan fingerprint density at radius 2 is 2.10 bits per heavy atom. The van der Waals surface area contributed by atoms with Gasteiger partial charge in [0.15, 0.2) is 6.10 Å². The van der Waals surface area contributed by atoms with Crippen LogP contribution in [0.25, 0.3) is 0 Å². The van der Waals surface area contributed by atoms with Crippen LogP contribution in [0, 0.1) is 0 Å². The van der Waals surface area contributed by atoms with E-state index in [1.165, 1.54) is 4.90 Å². The van der Waals surface area contributed by atoms with Crippen molar-refractivity contribution in [1.82, 2.24) is 4.90 Å². The van der Waals surface area contributed by atoms with E-state index in [2.05, 4.69) is 5.32 Å². The number of carboxylic acid groups (broad SMARTS) is 1. The van der Waals surface area contributed by atoms with E-state index in [4.69, 9.17) is 9.84 Å². The van der Waals surface area contributed by atoms with Gasteiger partial charge < -0.3 is 25.2 Å². The van der Waals surface area contributed by atoms with E-state index in [1.54, 1.807) is 12.1 Å². The second kappa shape index (κ2) is 5.25. The minimum Gasteiger partial charge on any atom is -0.480 e. The molecule has 2 aliphatic rings. The summed E-state index contributed by atoms with van der Waals surface area (Å²) in [6.45, 7) is 0.298. The second-order valence-corrected chi connectivity index (χ2v) is 5.22. The molecular formula is C14H16N2O5. The van der Waals surface area contributed by atoms with Gasteiger partial charge in [-0.15, -0.1) is 0 Å². The van der Waals surface area contributed by atoms with Crippen molar-refractivity contribution in [2.24, 2.45) is 0 Å². The molecular weight excluding hydrogens is 276 g/mol. The van der Waals surface area contributed by atoms with Crippen molar-refractivity contribution >= 4 is 17.6 Å². The number of hydrogen-bond donors (Lipinski definition) is 3. The quantitative estimate of drug-likeness (QED) is 0.704. The summed E-state index contributed by atoms with van der Waals surface area (Å²) in [5.74, 6) is -0.959. The van der Waals surface area contributed by atoms with Gasteiger partial charge in [0.25, 0.3) is 5.91 Å². The lowest BCUT2D eigenvalue weighted by Gasteiger charge is -2.31. The first-order valence-electron chi connectivity index (χ1n) is 6.77. The highest BCUT2D eigenvalue weighted by Crippen LogP contribution is 2.29. The molecule has 3 N–H and O–H groups in total. The van der Waals surface area contributed by atoms with Crippen molar-refractivity contribution in [3.05, 3.63) is 24.3 Å². The van der Waals surface area contributed by atoms with E-state index in [0.29, 0.717) is 5.75 Å². The maximum Gasteiger partial charge on any atom is 0.326 e. The highest BCUT2D eigenvalue weighted by atomic mass is 16.5. The number of anilines is 1. The zero-order chi connectivity index (χ0) is 15.0. The Kier molecular flexibility index (Phi) is 3.42. The first-order chi connectivity index (χ1) is 10.1. The van der Waals surface area contributed by atoms with Crippen LogP contribution in [-0.4, -0.2) is 58.3 Å². The minimum atomic E-state index is -1.11. The number of aliphatic hydroxyl groups excluding tert-OH is 1. The summed E-state index contributed by atoms with van der Waals surface area (Å²) in [7, 11) is 0. The molecule has 7 heteroatoms. The van der Waals surface area contributed by atoms with Crippen LogP contribution in [0.3, 0.4) is 0 Å². The molecule has 1 fully saturated rings. The lowest BCUT2D eigenvalue weighted by molar-refractivity contribution is -0.151. The van der Waals surface area contributed by atoms with Crippen LogP contribution in [0.2, 0.25) is 0 Å². The zero-order valence-corrected chi connectivity index (χ0v) is 11.2. The van der Waals surface area contributed by atoms with Crippen LogP contribution in [0.4, 0.5) is 5.69 Å². The molecule has 3 atom stereocenters. The number of carboxylic acids is 1. The maximum atomic E-state index is 12.5.